The zero-order valence-corrected chi connectivity index (χ0v) is 36.7. The van der Waals surface area contributed by atoms with Crippen molar-refractivity contribution in [2.45, 2.75) is 82.1 Å². The Morgan fingerprint density at radius 1 is 0.746 bits per heavy atom. The van der Waals surface area contributed by atoms with Gasteiger partial charge in [0, 0.05) is 37.5 Å². The van der Waals surface area contributed by atoms with Crippen LogP contribution in [0.4, 0.5) is 4.39 Å². The standard InChI is InChI=1S/C54H60FN3O5/c1-62-48-35-41-29-34-57(51(47(41)36-49(48)63-2)40-24-19-39(20-25-40)37-58-52(60)45-17-9-10-18-46(45)53(58)61)33-12-31-54(42-13-5-3-6-14-42,43-15-7-4-8-16-43)30-11-32-56-50(59)28-23-38-21-26-44(55)27-22-38/h3-10,13-18,21-22,26-27,35-36,39-40,51H,11-12,19-20,23-25,28-34,37H2,1-2H3,(H,56,59). The largest absolute Gasteiger partial charge is 0.493 e. The van der Waals surface area contributed by atoms with Crippen LogP contribution in [0.5, 0.6) is 11.5 Å². The number of rotatable bonds is 18. The second-order valence-corrected chi connectivity index (χ2v) is 17.7. The number of halogens is 1. The molecule has 8 nitrogen and oxygen atoms in total. The van der Waals surface area contributed by atoms with Gasteiger partial charge in [0.1, 0.15) is 5.82 Å². The van der Waals surface area contributed by atoms with Crippen LogP contribution in [0.2, 0.25) is 0 Å². The van der Waals surface area contributed by atoms with Crippen molar-refractivity contribution in [3.8, 4) is 11.5 Å². The van der Waals surface area contributed by atoms with Crippen LogP contribution >= 0.6 is 0 Å². The van der Waals surface area contributed by atoms with E-state index >= 15 is 0 Å². The molecule has 0 spiro atoms. The Morgan fingerprint density at radius 2 is 1.33 bits per heavy atom. The lowest BCUT2D eigenvalue weighted by Crippen LogP contribution is -2.42. The molecule has 0 radical (unpaired) electrons. The number of nitrogens with one attached hydrogen (secondary N) is 1. The van der Waals surface area contributed by atoms with Crippen molar-refractivity contribution in [1.29, 1.82) is 0 Å². The fourth-order valence-electron chi connectivity index (χ4n) is 10.8. The predicted molar refractivity (Wildman–Crippen MR) is 245 cm³/mol. The number of amides is 3. The first-order valence-corrected chi connectivity index (χ1v) is 22.8. The van der Waals surface area contributed by atoms with E-state index in [9.17, 15) is 18.8 Å². The summed E-state index contributed by atoms with van der Waals surface area (Å²) >= 11 is 0. The van der Waals surface area contributed by atoms with Crippen molar-refractivity contribution in [2.24, 2.45) is 11.8 Å². The Labute approximate surface area is 371 Å². The number of carbonyl (C=O) groups is 3. The quantitative estimate of drug-likeness (QED) is 0.0698. The van der Waals surface area contributed by atoms with E-state index in [2.05, 4.69) is 83.0 Å². The molecule has 1 saturated carbocycles. The number of ether oxygens (including phenoxy) is 2. The second kappa shape index (κ2) is 20.1. The van der Waals surface area contributed by atoms with Crippen molar-refractivity contribution in [2.75, 3.05) is 40.4 Å². The number of methoxy groups -OCH3 is 2. The van der Waals surface area contributed by atoms with Gasteiger partial charge in [-0.3, -0.25) is 24.2 Å². The summed E-state index contributed by atoms with van der Waals surface area (Å²) in [5.41, 5.74) is 6.91. The number of benzene rings is 5. The Bertz CT molecular complexity index is 2270. The number of aryl methyl sites for hydroxylation is 1. The summed E-state index contributed by atoms with van der Waals surface area (Å²) in [5.74, 6) is 1.57. The van der Waals surface area contributed by atoms with Gasteiger partial charge in [0.15, 0.2) is 11.5 Å². The third-order valence-electron chi connectivity index (χ3n) is 14.0. The molecule has 0 saturated heterocycles. The summed E-state index contributed by atoms with van der Waals surface area (Å²) in [7, 11) is 3.40. The molecule has 3 aliphatic rings. The first-order chi connectivity index (χ1) is 30.8. The summed E-state index contributed by atoms with van der Waals surface area (Å²) in [4.78, 5) is 43.7. The molecule has 1 aliphatic carbocycles. The minimum absolute atomic E-state index is 0.00708. The number of fused-ring (bicyclic) bond motifs is 2. The highest BCUT2D eigenvalue weighted by molar-refractivity contribution is 6.21. The summed E-state index contributed by atoms with van der Waals surface area (Å²) in [5, 5.41) is 3.17. The molecule has 0 bridgehead atoms. The van der Waals surface area contributed by atoms with E-state index in [1.807, 2.05) is 12.1 Å². The van der Waals surface area contributed by atoms with Crippen LogP contribution in [0.3, 0.4) is 0 Å². The van der Waals surface area contributed by atoms with E-state index in [1.165, 1.54) is 39.3 Å². The summed E-state index contributed by atoms with van der Waals surface area (Å²) in [6.45, 7) is 2.91. The minimum atomic E-state index is -0.273. The highest BCUT2D eigenvalue weighted by Gasteiger charge is 2.41. The fraction of sp³-hybridized carbons (Fsp3) is 0.389. The second-order valence-electron chi connectivity index (χ2n) is 17.7. The normalized spacial score (nSPS) is 18.8. The molecule has 3 amide bonds. The maximum Gasteiger partial charge on any atom is 0.261 e. The van der Waals surface area contributed by atoms with Gasteiger partial charge < -0.3 is 14.8 Å². The number of imide groups is 1. The van der Waals surface area contributed by atoms with E-state index in [0.717, 1.165) is 87.9 Å². The minimum Gasteiger partial charge on any atom is -0.493 e. The van der Waals surface area contributed by atoms with Gasteiger partial charge in [-0.1, -0.05) is 84.9 Å². The van der Waals surface area contributed by atoms with Crippen LogP contribution in [0.1, 0.15) is 112 Å². The molecule has 5 aromatic carbocycles. The highest BCUT2D eigenvalue weighted by Crippen LogP contribution is 2.47. The average molecular weight is 850 g/mol. The summed E-state index contributed by atoms with van der Waals surface area (Å²) in [6, 6.07) is 39.8. The molecule has 2 aliphatic heterocycles. The van der Waals surface area contributed by atoms with Crippen LogP contribution in [0.15, 0.2) is 121 Å². The van der Waals surface area contributed by atoms with Crippen molar-refractivity contribution in [1.82, 2.24) is 15.1 Å². The van der Waals surface area contributed by atoms with E-state index in [1.54, 1.807) is 38.5 Å². The first kappa shape index (κ1) is 43.8. The van der Waals surface area contributed by atoms with Gasteiger partial charge in [-0.15, -0.1) is 0 Å². The molecule has 0 aromatic heterocycles. The summed E-state index contributed by atoms with van der Waals surface area (Å²) in [6.07, 6.45) is 9.40. The zero-order valence-electron chi connectivity index (χ0n) is 36.7. The lowest BCUT2D eigenvalue weighted by Gasteiger charge is -2.45. The Balaban J connectivity index is 0.982. The highest BCUT2D eigenvalue weighted by atomic mass is 19.1. The van der Waals surface area contributed by atoms with Crippen LogP contribution in [-0.2, 0) is 23.1 Å². The van der Waals surface area contributed by atoms with Crippen molar-refractivity contribution in [3.05, 3.63) is 166 Å². The third kappa shape index (κ3) is 9.74. The van der Waals surface area contributed by atoms with Gasteiger partial charge in [-0.05, 0) is 147 Å². The van der Waals surface area contributed by atoms with Crippen molar-refractivity contribution < 1.29 is 28.2 Å². The van der Waals surface area contributed by atoms with Gasteiger partial charge in [0.2, 0.25) is 5.91 Å². The van der Waals surface area contributed by atoms with Crippen LogP contribution < -0.4 is 14.8 Å². The molecule has 1 unspecified atom stereocenters. The van der Waals surface area contributed by atoms with E-state index in [-0.39, 0.29) is 40.9 Å². The van der Waals surface area contributed by atoms with Gasteiger partial charge in [-0.25, -0.2) is 4.39 Å². The molecule has 5 aromatic rings. The predicted octanol–water partition coefficient (Wildman–Crippen LogP) is 10.1. The maximum atomic E-state index is 13.4. The molecule has 8 rings (SSSR count). The van der Waals surface area contributed by atoms with E-state index < -0.39 is 0 Å². The molecule has 1 fully saturated rings. The number of nitrogens with zero attached hydrogens (tertiary/aromatic N) is 2. The fourth-order valence-corrected chi connectivity index (χ4v) is 10.8. The summed E-state index contributed by atoms with van der Waals surface area (Å²) < 4.78 is 25.1. The number of hydrogen-bond acceptors (Lipinski definition) is 6. The Hall–Kier alpha value is -5.80. The van der Waals surface area contributed by atoms with Crippen LogP contribution in [0, 0.1) is 17.7 Å². The van der Waals surface area contributed by atoms with Crippen molar-refractivity contribution in [3.63, 3.8) is 0 Å². The topological polar surface area (TPSA) is 88.2 Å². The van der Waals surface area contributed by atoms with Gasteiger partial charge in [-0.2, -0.15) is 0 Å². The molecular formula is C54H60FN3O5. The molecule has 9 heteroatoms. The van der Waals surface area contributed by atoms with Gasteiger partial charge in [0.25, 0.3) is 11.8 Å². The SMILES string of the molecule is COc1cc2c(cc1OC)C(C1CCC(CN3C(=O)c4ccccc4C3=O)CC1)N(CCCC(CCCNC(=O)CCc1ccc(F)cc1)(c1ccccc1)c1ccccc1)CC2. The molecule has 328 valence electrons. The van der Waals surface area contributed by atoms with E-state index in [0.29, 0.717) is 43.0 Å². The molecule has 2 heterocycles. The van der Waals surface area contributed by atoms with Crippen molar-refractivity contribution >= 4 is 17.7 Å². The number of hydrogen-bond donors (Lipinski definition) is 1. The molecular weight excluding hydrogens is 790 g/mol. The Kier molecular flexibility index (Phi) is 14.0. The average Bonchev–Trinajstić information content (AvgIpc) is 3.56. The van der Waals surface area contributed by atoms with E-state index in [4.69, 9.17) is 9.47 Å². The van der Waals surface area contributed by atoms with Crippen LogP contribution in [-0.4, -0.2) is 67.9 Å². The lowest BCUT2D eigenvalue weighted by molar-refractivity contribution is -0.121. The maximum absolute atomic E-state index is 13.4. The van der Waals surface area contributed by atoms with Gasteiger partial charge in [0.05, 0.1) is 25.3 Å². The monoisotopic (exact) mass is 849 g/mol. The number of carbonyl (C=O) groups excluding carboxylic acids is 3. The lowest BCUT2D eigenvalue weighted by atomic mass is 9.68. The Morgan fingerprint density at radius 3 is 1.95 bits per heavy atom. The smallest absolute Gasteiger partial charge is 0.261 e. The van der Waals surface area contributed by atoms with Crippen LogP contribution in [0.25, 0.3) is 0 Å². The zero-order chi connectivity index (χ0) is 43.8. The molecule has 1 N–H and O–H groups in total. The first-order valence-electron chi connectivity index (χ1n) is 22.8. The van der Waals surface area contributed by atoms with Gasteiger partial charge >= 0.3 is 0 Å². The molecule has 1 atom stereocenters. The third-order valence-corrected chi connectivity index (χ3v) is 14.0. The molecule has 63 heavy (non-hydrogen) atoms.